The maximum atomic E-state index is 13.7. The molecule has 0 bridgehead atoms. The molecule has 1 heterocycles. The lowest BCUT2D eigenvalue weighted by Crippen LogP contribution is -2.59. The number of fused-ring (bicyclic) bond motifs is 1. The molecular weight excluding hydrogens is 466 g/mol. The Bertz CT molecular complexity index is 1310. The fourth-order valence-corrected chi connectivity index (χ4v) is 6.85. The molecule has 1 amide bonds. The Morgan fingerprint density at radius 1 is 1.03 bits per heavy atom. The smallest absolute Gasteiger partial charge is 0.322 e. The van der Waals surface area contributed by atoms with Crippen LogP contribution in [-0.4, -0.2) is 55.8 Å². The van der Waals surface area contributed by atoms with Crippen molar-refractivity contribution in [3.63, 3.8) is 0 Å². The lowest BCUT2D eigenvalue weighted by atomic mass is 9.91. The quantitative estimate of drug-likeness (QED) is 0.373. The Hall–Kier alpha value is -3.27. The van der Waals surface area contributed by atoms with Crippen LogP contribution in [0, 0.1) is 5.92 Å². The van der Waals surface area contributed by atoms with E-state index in [4.69, 9.17) is 5.73 Å². The van der Waals surface area contributed by atoms with Gasteiger partial charge in [0.05, 0.1) is 16.2 Å². The number of hydrogen-bond donors (Lipinski definition) is 4. The van der Waals surface area contributed by atoms with Gasteiger partial charge in [0.15, 0.2) is 9.84 Å². The van der Waals surface area contributed by atoms with Crippen LogP contribution >= 0.6 is 0 Å². The molecule has 8 nitrogen and oxygen atoms in total. The number of aliphatic carboxylic acids is 1. The largest absolute Gasteiger partial charge is 0.480 e. The van der Waals surface area contributed by atoms with Crippen molar-refractivity contribution in [2.24, 2.45) is 11.7 Å². The minimum absolute atomic E-state index is 0.0181. The van der Waals surface area contributed by atoms with E-state index >= 15 is 0 Å². The molecule has 0 aliphatic carbocycles. The number of nitrogens with two attached hydrogens (primary N) is 1. The maximum absolute atomic E-state index is 13.7. The van der Waals surface area contributed by atoms with Crippen LogP contribution in [0.2, 0.25) is 0 Å². The molecule has 0 spiro atoms. The third-order valence-electron chi connectivity index (χ3n) is 6.52. The van der Waals surface area contributed by atoms with Gasteiger partial charge < -0.3 is 21.5 Å². The van der Waals surface area contributed by atoms with E-state index < -0.39 is 45.0 Å². The van der Waals surface area contributed by atoms with Crippen LogP contribution < -0.4 is 16.4 Å². The molecule has 3 unspecified atom stereocenters. The van der Waals surface area contributed by atoms with Crippen LogP contribution in [0.3, 0.4) is 0 Å². The van der Waals surface area contributed by atoms with Gasteiger partial charge in [0, 0.05) is 6.54 Å². The van der Waals surface area contributed by atoms with E-state index in [0.29, 0.717) is 19.4 Å². The summed E-state index contributed by atoms with van der Waals surface area (Å²) < 4.78 is 27.5. The second-order valence-electron chi connectivity index (χ2n) is 8.88. The molecule has 1 saturated heterocycles. The Labute approximate surface area is 204 Å². The first-order chi connectivity index (χ1) is 16.8. The molecular formula is C26H29N3O5S. The van der Waals surface area contributed by atoms with Gasteiger partial charge in [-0.3, -0.25) is 9.59 Å². The molecule has 5 N–H and O–H groups in total. The van der Waals surface area contributed by atoms with Crippen LogP contribution in [0.4, 0.5) is 0 Å². The van der Waals surface area contributed by atoms with Crippen LogP contribution in [0.15, 0.2) is 77.7 Å². The second kappa shape index (κ2) is 10.6. The first-order valence-electron chi connectivity index (χ1n) is 11.5. The summed E-state index contributed by atoms with van der Waals surface area (Å²) in [6, 6.07) is 19.4. The van der Waals surface area contributed by atoms with Gasteiger partial charge in [0.25, 0.3) is 0 Å². The predicted octanol–water partition coefficient (Wildman–Crippen LogP) is 1.73. The number of hydrogen-bond acceptors (Lipinski definition) is 6. The number of carboxylic acid groups (broad SMARTS) is 1. The average molecular weight is 496 g/mol. The zero-order valence-electron chi connectivity index (χ0n) is 19.1. The van der Waals surface area contributed by atoms with Crippen molar-refractivity contribution in [3.05, 3.63) is 78.4 Å². The fourth-order valence-electron chi connectivity index (χ4n) is 4.68. The average Bonchev–Trinajstić information content (AvgIpc) is 2.87. The number of carbonyl (C=O) groups is 2. The second-order valence-corrected chi connectivity index (χ2v) is 11.0. The van der Waals surface area contributed by atoms with Crippen LogP contribution in [0.1, 0.15) is 12.0 Å². The number of benzene rings is 3. The predicted molar refractivity (Wildman–Crippen MR) is 134 cm³/mol. The van der Waals surface area contributed by atoms with Crippen molar-refractivity contribution in [3.8, 4) is 0 Å². The molecule has 1 aliphatic heterocycles. The van der Waals surface area contributed by atoms with Crippen LogP contribution in [-0.2, 0) is 25.8 Å². The van der Waals surface area contributed by atoms with Crippen molar-refractivity contribution in [2.45, 2.75) is 35.1 Å². The zero-order chi connectivity index (χ0) is 25.0. The molecule has 3 aromatic rings. The van der Waals surface area contributed by atoms with Gasteiger partial charge in [-0.25, -0.2) is 8.42 Å². The summed E-state index contributed by atoms with van der Waals surface area (Å²) in [5.41, 5.74) is 6.98. The SMILES string of the molecule is N[C@@H](Cc1ccccc1)C(=O)NCC1CCNC(C(=O)O)C1S(=O)(=O)c1ccc2ccccc2c1. The van der Waals surface area contributed by atoms with E-state index in [1.807, 2.05) is 54.6 Å². The molecule has 35 heavy (non-hydrogen) atoms. The van der Waals surface area contributed by atoms with Gasteiger partial charge in [0.1, 0.15) is 6.04 Å². The molecule has 4 rings (SSSR count). The number of rotatable bonds is 8. The van der Waals surface area contributed by atoms with Gasteiger partial charge in [-0.2, -0.15) is 0 Å². The van der Waals surface area contributed by atoms with Crippen LogP contribution in [0.25, 0.3) is 10.8 Å². The van der Waals surface area contributed by atoms with E-state index in [1.54, 1.807) is 12.1 Å². The van der Waals surface area contributed by atoms with Crippen molar-refractivity contribution in [1.82, 2.24) is 10.6 Å². The summed E-state index contributed by atoms with van der Waals surface area (Å²) in [6.45, 7) is 0.349. The fraction of sp³-hybridized carbons (Fsp3) is 0.308. The topological polar surface area (TPSA) is 139 Å². The van der Waals surface area contributed by atoms with Crippen molar-refractivity contribution >= 4 is 32.5 Å². The van der Waals surface area contributed by atoms with E-state index in [0.717, 1.165) is 16.3 Å². The highest BCUT2D eigenvalue weighted by molar-refractivity contribution is 7.92. The standard InChI is InChI=1S/C26H29N3O5S/c27-22(14-17-6-2-1-3-7-17)25(30)29-16-20-12-13-28-23(26(31)32)24(20)35(33,34)21-11-10-18-8-4-5-9-19(18)15-21/h1-11,15,20,22-24,28H,12-14,16,27H2,(H,29,30)(H,31,32)/t20?,22-,23?,24?/m0/s1. The summed E-state index contributed by atoms with van der Waals surface area (Å²) in [5.74, 6) is -2.24. The number of carboxylic acids is 1. The first-order valence-corrected chi connectivity index (χ1v) is 13.1. The Morgan fingerprint density at radius 3 is 2.43 bits per heavy atom. The summed E-state index contributed by atoms with van der Waals surface area (Å²) in [6.07, 6.45) is 0.741. The van der Waals surface area contributed by atoms with Gasteiger partial charge in [0.2, 0.25) is 5.91 Å². The summed E-state index contributed by atoms with van der Waals surface area (Å²) in [5, 5.41) is 15.8. The van der Waals surface area contributed by atoms with E-state index in [9.17, 15) is 23.1 Å². The molecule has 184 valence electrons. The zero-order valence-corrected chi connectivity index (χ0v) is 19.9. The first kappa shape index (κ1) is 24.8. The minimum Gasteiger partial charge on any atom is -0.480 e. The van der Waals surface area contributed by atoms with Gasteiger partial charge in [-0.1, -0.05) is 60.7 Å². The lowest BCUT2D eigenvalue weighted by molar-refractivity contribution is -0.140. The third kappa shape index (κ3) is 5.53. The normalized spacial score (nSPS) is 21.3. The van der Waals surface area contributed by atoms with Gasteiger partial charge in [-0.05, 0) is 53.8 Å². The lowest BCUT2D eigenvalue weighted by Gasteiger charge is -2.36. The van der Waals surface area contributed by atoms with Crippen LogP contribution in [0.5, 0.6) is 0 Å². The van der Waals surface area contributed by atoms with E-state index in [2.05, 4.69) is 10.6 Å². The highest BCUT2D eigenvalue weighted by Crippen LogP contribution is 2.31. The third-order valence-corrected chi connectivity index (χ3v) is 8.80. The Morgan fingerprint density at radius 2 is 1.71 bits per heavy atom. The monoisotopic (exact) mass is 495 g/mol. The Kier molecular flexibility index (Phi) is 7.49. The maximum Gasteiger partial charge on any atom is 0.322 e. The summed E-state index contributed by atoms with van der Waals surface area (Å²) in [7, 11) is -4.04. The molecule has 1 aliphatic rings. The van der Waals surface area contributed by atoms with Crippen molar-refractivity contribution in [1.29, 1.82) is 0 Å². The highest BCUT2D eigenvalue weighted by atomic mass is 32.2. The van der Waals surface area contributed by atoms with E-state index in [1.165, 1.54) is 6.07 Å². The molecule has 1 fully saturated rings. The number of piperidine rings is 1. The summed E-state index contributed by atoms with van der Waals surface area (Å²) >= 11 is 0. The van der Waals surface area contributed by atoms with Gasteiger partial charge in [-0.15, -0.1) is 0 Å². The van der Waals surface area contributed by atoms with Crippen molar-refractivity contribution < 1.29 is 23.1 Å². The van der Waals surface area contributed by atoms with Gasteiger partial charge >= 0.3 is 5.97 Å². The minimum atomic E-state index is -4.04. The Balaban J connectivity index is 1.55. The summed E-state index contributed by atoms with van der Waals surface area (Å²) in [4.78, 5) is 24.7. The molecule has 9 heteroatoms. The molecule has 0 radical (unpaired) electrons. The highest BCUT2D eigenvalue weighted by Gasteiger charge is 2.46. The molecule has 0 aromatic heterocycles. The molecule has 4 atom stereocenters. The molecule has 0 saturated carbocycles. The number of sulfone groups is 1. The van der Waals surface area contributed by atoms with E-state index in [-0.39, 0.29) is 11.4 Å². The molecule has 3 aromatic carbocycles. The number of amides is 1. The van der Waals surface area contributed by atoms with Crippen molar-refractivity contribution in [2.75, 3.05) is 13.1 Å². The number of nitrogens with one attached hydrogen (secondary N) is 2. The number of carbonyl (C=O) groups excluding carboxylic acids is 1.